The molecular formula is C15H21BrN2O. The molecular weight excluding hydrogens is 304 g/mol. The maximum Gasteiger partial charge on any atom is 0.223 e. The van der Waals surface area contributed by atoms with E-state index in [2.05, 4.69) is 32.2 Å². The van der Waals surface area contributed by atoms with Crippen LogP contribution in [0.2, 0.25) is 0 Å². The summed E-state index contributed by atoms with van der Waals surface area (Å²) in [5.74, 6) is 0.766. The van der Waals surface area contributed by atoms with Crippen molar-refractivity contribution in [3.63, 3.8) is 0 Å². The van der Waals surface area contributed by atoms with Crippen molar-refractivity contribution in [3.8, 4) is 0 Å². The van der Waals surface area contributed by atoms with Gasteiger partial charge in [-0.1, -0.05) is 34.1 Å². The highest BCUT2D eigenvalue weighted by atomic mass is 79.9. The van der Waals surface area contributed by atoms with E-state index in [1.54, 1.807) is 0 Å². The zero-order valence-electron chi connectivity index (χ0n) is 11.5. The average Bonchev–Trinajstić information content (AvgIpc) is 3.15. The van der Waals surface area contributed by atoms with Crippen LogP contribution in [0.1, 0.15) is 24.3 Å². The fourth-order valence-electron chi connectivity index (χ4n) is 2.34. The number of carbonyl (C=O) groups excluding carboxylic acids is 1. The van der Waals surface area contributed by atoms with Crippen LogP contribution in [0.5, 0.6) is 0 Å². The van der Waals surface area contributed by atoms with Crippen molar-refractivity contribution in [2.75, 3.05) is 27.2 Å². The predicted molar refractivity (Wildman–Crippen MR) is 81.2 cm³/mol. The van der Waals surface area contributed by atoms with E-state index in [-0.39, 0.29) is 11.8 Å². The molecule has 2 rings (SSSR count). The third-order valence-corrected chi connectivity index (χ3v) is 4.24. The summed E-state index contributed by atoms with van der Waals surface area (Å²) in [7, 11) is 4.09. The second-order valence-electron chi connectivity index (χ2n) is 5.42. The van der Waals surface area contributed by atoms with Gasteiger partial charge < -0.3 is 10.2 Å². The Bertz CT molecular complexity index is 448. The quantitative estimate of drug-likeness (QED) is 0.816. The molecule has 0 heterocycles. The van der Waals surface area contributed by atoms with Crippen LogP contribution in [0.3, 0.4) is 0 Å². The van der Waals surface area contributed by atoms with Gasteiger partial charge in [0, 0.05) is 16.9 Å². The molecule has 1 fully saturated rings. The van der Waals surface area contributed by atoms with Crippen molar-refractivity contribution in [2.45, 2.75) is 18.8 Å². The SMILES string of the molecule is CN(C)CCCNC(=O)[C@@H]1C[C@@H]1c1ccccc1Br. The van der Waals surface area contributed by atoms with Gasteiger partial charge in [0.25, 0.3) is 0 Å². The molecule has 104 valence electrons. The van der Waals surface area contributed by atoms with Crippen molar-refractivity contribution in [1.82, 2.24) is 10.2 Å². The molecule has 1 saturated carbocycles. The summed E-state index contributed by atoms with van der Waals surface area (Å²) in [4.78, 5) is 14.1. The third kappa shape index (κ3) is 4.05. The highest BCUT2D eigenvalue weighted by molar-refractivity contribution is 9.10. The molecule has 1 aliphatic carbocycles. The molecule has 0 radical (unpaired) electrons. The van der Waals surface area contributed by atoms with Gasteiger partial charge in [0.2, 0.25) is 5.91 Å². The summed E-state index contributed by atoms with van der Waals surface area (Å²) < 4.78 is 1.11. The normalized spacial score (nSPS) is 21.5. The van der Waals surface area contributed by atoms with Crippen molar-refractivity contribution in [3.05, 3.63) is 34.3 Å². The lowest BCUT2D eigenvalue weighted by atomic mass is 10.1. The number of hydrogen-bond donors (Lipinski definition) is 1. The highest BCUT2D eigenvalue weighted by Crippen LogP contribution is 2.49. The first-order valence-corrected chi connectivity index (χ1v) is 7.55. The first-order chi connectivity index (χ1) is 9.09. The van der Waals surface area contributed by atoms with Crippen molar-refractivity contribution in [1.29, 1.82) is 0 Å². The van der Waals surface area contributed by atoms with E-state index in [0.717, 1.165) is 30.4 Å². The number of rotatable bonds is 6. The standard InChI is InChI=1S/C15H21BrN2O/c1-18(2)9-5-8-17-15(19)13-10-12(13)11-6-3-4-7-14(11)16/h3-4,6-7,12-13H,5,8-10H2,1-2H3,(H,17,19)/t12-,13-/m1/s1. The third-order valence-electron chi connectivity index (χ3n) is 3.51. The molecule has 0 unspecified atom stereocenters. The van der Waals surface area contributed by atoms with E-state index >= 15 is 0 Å². The summed E-state index contributed by atoms with van der Waals surface area (Å²) in [5, 5.41) is 3.04. The minimum absolute atomic E-state index is 0.165. The van der Waals surface area contributed by atoms with Gasteiger partial charge in [0.15, 0.2) is 0 Å². The lowest BCUT2D eigenvalue weighted by molar-refractivity contribution is -0.122. The van der Waals surface area contributed by atoms with Gasteiger partial charge in [-0.25, -0.2) is 0 Å². The average molecular weight is 325 g/mol. The molecule has 0 saturated heterocycles. The lowest BCUT2D eigenvalue weighted by Gasteiger charge is -2.10. The van der Waals surface area contributed by atoms with Crippen LogP contribution in [0.25, 0.3) is 0 Å². The van der Waals surface area contributed by atoms with E-state index in [4.69, 9.17) is 0 Å². The summed E-state index contributed by atoms with van der Waals surface area (Å²) in [6.45, 7) is 1.79. The van der Waals surface area contributed by atoms with Gasteiger partial charge in [-0.2, -0.15) is 0 Å². The van der Waals surface area contributed by atoms with Gasteiger partial charge in [0.1, 0.15) is 0 Å². The van der Waals surface area contributed by atoms with Crippen LogP contribution in [0, 0.1) is 5.92 Å². The van der Waals surface area contributed by atoms with Gasteiger partial charge in [-0.3, -0.25) is 4.79 Å². The van der Waals surface area contributed by atoms with Crippen LogP contribution in [0.15, 0.2) is 28.7 Å². The van der Waals surface area contributed by atoms with Crippen molar-refractivity contribution >= 4 is 21.8 Å². The second kappa shape index (κ2) is 6.53. The molecule has 1 aromatic carbocycles. The van der Waals surface area contributed by atoms with Crippen LogP contribution >= 0.6 is 15.9 Å². The van der Waals surface area contributed by atoms with Gasteiger partial charge in [-0.15, -0.1) is 0 Å². The first-order valence-electron chi connectivity index (χ1n) is 6.76. The zero-order chi connectivity index (χ0) is 13.8. The highest BCUT2D eigenvalue weighted by Gasteiger charge is 2.44. The van der Waals surface area contributed by atoms with Gasteiger partial charge >= 0.3 is 0 Å². The summed E-state index contributed by atoms with van der Waals surface area (Å²) in [6.07, 6.45) is 1.98. The Hall–Kier alpha value is -0.870. The number of halogens is 1. The maximum atomic E-state index is 12.0. The monoisotopic (exact) mass is 324 g/mol. The fraction of sp³-hybridized carbons (Fsp3) is 0.533. The number of benzene rings is 1. The molecule has 0 spiro atoms. The molecule has 1 amide bonds. The largest absolute Gasteiger partial charge is 0.356 e. The van der Waals surface area contributed by atoms with Gasteiger partial charge in [0.05, 0.1) is 0 Å². The first kappa shape index (κ1) is 14.5. The molecule has 1 aliphatic rings. The smallest absolute Gasteiger partial charge is 0.223 e. The van der Waals surface area contributed by atoms with Gasteiger partial charge in [-0.05, 0) is 51.0 Å². The topological polar surface area (TPSA) is 32.3 Å². The number of hydrogen-bond acceptors (Lipinski definition) is 2. The van der Waals surface area contributed by atoms with Crippen LogP contribution < -0.4 is 5.32 Å². The summed E-state index contributed by atoms with van der Waals surface area (Å²) in [6, 6.07) is 8.19. The molecule has 19 heavy (non-hydrogen) atoms. The van der Waals surface area contributed by atoms with E-state index in [9.17, 15) is 4.79 Å². The van der Waals surface area contributed by atoms with Crippen LogP contribution in [-0.2, 0) is 4.79 Å². The second-order valence-corrected chi connectivity index (χ2v) is 6.27. The number of carbonyl (C=O) groups is 1. The minimum atomic E-state index is 0.165. The molecule has 1 aromatic rings. The van der Waals surface area contributed by atoms with E-state index in [1.165, 1.54) is 5.56 Å². The van der Waals surface area contributed by atoms with Crippen LogP contribution in [0.4, 0.5) is 0 Å². The molecule has 0 aromatic heterocycles. The number of nitrogens with one attached hydrogen (secondary N) is 1. The Morgan fingerprint density at radius 1 is 1.42 bits per heavy atom. The molecule has 3 nitrogen and oxygen atoms in total. The molecule has 2 atom stereocenters. The lowest BCUT2D eigenvalue weighted by Crippen LogP contribution is -2.28. The number of amides is 1. The van der Waals surface area contributed by atoms with Crippen LogP contribution in [-0.4, -0.2) is 38.0 Å². The Morgan fingerprint density at radius 2 is 2.16 bits per heavy atom. The Balaban J connectivity index is 1.76. The van der Waals surface area contributed by atoms with E-state index in [1.807, 2.05) is 32.3 Å². The molecule has 1 N–H and O–H groups in total. The van der Waals surface area contributed by atoms with Crippen molar-refractivity contribution in [2.24, 2.45) is 5.92 Å². The predicted octanol–water partition coefficient (Wildman–Crippen LogP) is 2.62. The number of nitrogens with zero attached hydrogens (tertiary/aromatic N) is 1. The van der Waals surface area contributed by atoms with E-state index < -0.39 is 0 Å². The Kier molecular flexibility index (Phi) is 4.99. The minimum Gasteiger partial charge on any atom is -0.356 e. The summed E-state index contributed by atoms with van der Waals surface area (Å²) >= 11 is 3.56. The Labute approximate surface area is 123 Å². The zero-order valence-corrected chi connectivity index (χ0v) is 13.1. The van der Waals surface area contributed by atoms with E-state index in [0.29, 0.717) is 5.92 Å². The molecule has 0 aliphatic heterocycles. The Morgan fingerprint density at radius 3 is 2.84 bits per heavy atom. The maximum absolute atomic E-state index is 12.0. The fourth-order valence-corrected chi connectivity index (χ4v) is 2.92. The summed E-state index contributed by atoms with van der Waals surface area (Å²) in [5.41, 5.74) is 1.26. The van der Waals surface area contributed by atoms with Crippen molar-refractivity contribution < 1.29 is 4.79 Å². The molecule has 0 bridgehead atoms. The molecule has 4 heteroatoms.